The first-order valence-corrected chi connectivity index (χ1v) is 10.3. The maximum absolute atomic E-state index is 11.6. The van der Waals surface area contributed by atoms with Crippen molar-refractivity contribution in [2.24, 2.45) is 5.73 Å². The summed E-state index contributed by atoms with van der Waals surface area (Å²) < 4.78 is 0. The van der Waals surface area contributed by atoms with Gasteiger partial charge in [0, 0.05) is 43.8 Å². The van der Waals surface area contributed by atoms with Crippen LogP contribution in [-0.4, -0.2) is 48.5 Å². The van der Waals surface area contributed by atoms with Gasteiger partial charge in [-0.3, -0.25) is 9.59 Å². The zero-order valence-corrected chi connectivity index (χ0v) is 17.2. The second-order valence-electron chi connectivity index (χ2n) is 7.36. The van der Waals surface area contributed by atoms with Crippen LogP contribution in [0.5, 0.6) is 0 Å². The van der Waals surface area contributed by atoms with Crippen molar-refractivity contribution in [3.63, 3.8) is 0 Å². The predicted octanol–water partition coefficient (Wildman–Crippen LogP) is 2.25. The fourth-order valence-corrected chi connectivity index (χ4v) is 3.19. The van der Waals surface area contributed by atoms with Gasteiger partial charge in [0.1, 0.15) is 5.82 Å². The second kappa shape index (κ2) is 10.4. The number of carbonyl (C=O) groups is 2. The van der Waals surface area contributed by atoms with Crippen LogP contribution in [0.4, 0.5) is 23.1 Å². The number of anilines is 4. The van der Waals surface area contributed by atoms with E-state index in [1.165, 1.54) is 31.1 Å². The minimum atomic E-state index is -0.523. The number of nitrogens with two attached hydrogens (primary N) is 1. The van der Waals surface area contributed by atoms with Crippen LogP contribution in [0, 0.1) is 0 Å². The van der Waals surface area contributed by atoms with Gasteiger partial charge in [-0.1, -0.05) is 0 Å². The number of primary amides is 1. The average molecular weight is 412 g/mol. The Morgan fingerprint density at radius 2 is 1.83 bits per heavy atom. The van der Waals surface area contributed by atoms with Crippen LogP contribution in [0.25, 0.3) is 0 Å². The maximum atomic E-state index is 11.6. The summed E-state index contributed by atoms with van der Waals surface area (Å²) in [5.41, 5.74) is 7.90. The summed E-state index contributed by atoms with van der Waals surface area (Å²) in [4.78, 5) is 31.7. The van der Waals surface area contributed by atoms with Crippen molar-refractivity contribution in [1.29, 1.82) is 0 Å². The molecule has 2 fully saturated rings. The minimum absolute atomic E-state index is 0.322. The number of aromatic nitrogens is 2. The second-order valence-corrected chi connectivity index (χ2v) is 7.36. The van der Waals surface area contributed by atoms with Gasteiger partial charge in [0.05, 0.1) is 5.56 Å². The molecule has 0 bridgehead atoms. The number of piperidine rings is 1. The summed E-state index contributed by atoms with van der Waals surface area (Å²) >= 11 is 0. The summed E-state index contributed by atoms with van der Waals surface area (Å²) in [5, 5.41) is 8.70. The highest BCUT2D eigenvalue weighted by Gasteiger charge is 2.24. The van der Waals surface area contributed by atoms with E-state index in [9.17, 15) is 4.79 Å². The van der Waals surface area contributed by atoms with Gasteiger partial charge in [0.15, 0.2) is 0 Å². The van der Waals surface area contributed by atoms with Crippen LogP contribution < -0.4 is 26.6 Å². The summed E-state index contributed by atoms with van der Waals surface area (Å²) in [6.45, 7) is 2.25. The Morgan fingerprint density at radius 1 is 1.17 bits per heavy atom. The molecule has 2 heterocycles. The van der Waals surface area contributed by atoms with Crippen molar-refractivity contribution in [2.45, 2.75) is 38.1 Å². The monoisotopic (exact) mass is 411 g/mol. The lowest BCUT2D eigenvalue weighted by Gasteiger charge is -2.28. The van der Waals surface area contributed by atoms with Gasteiger partial charge in [-0.25, -0.2) is 4.98 Å². The van der Waals surface area contributed by atoms with Gasteiger partial charge >= 0.3 is 0 Å². The van der Waals surface area contributed by atoms with E-state index in [0.29, 0.717) is 29.8 Å². The number of rotatable bonds is 7. The molecule has 1 aromatic heterocycles. The van der Waals surface area contributed by atoms with Crippen molar-refractivity contribution >= 4 is 35.5 Å². The topological polar surface area (TPSA) is 125 Å². The van der Waals surface area contributed by atoms with Crippen LogP contribution in [0.2, 0.25) is 0 Å². The molecule has 0 atom stereocenters. The minimum Gasteiger partial charge on any atom is -0.372 e. The molecular weight excluding hydrogens is 382 g/mol. The summed E-state index contributed by atoms with van der Waals surface area (Å²) in [6, 6.07) is 8.68. The molecule has 1 saturated carbocycles. The first-order chi connectivity index (χ1) is 14.6. The quantitative estimate of drug-likeness (QED) is 0.515. The molecule has 1 aliphatic heterocycles. The van der Waals surface area contributed by atoms with Crippen molar-refractivity contribution < 1.29 is 9.59 Å². The highest BCUT2D eigenvalue weighted by molar-refractivity contribution is 5.97. The SMILES string of the molecule is CNC=O.NC(=O)c1cnc(Nc2ccc(N3CCCCC3)cc2)nc1NC1CC1. The zero-order chi connectivity index (χ0) is 21.3. The average Bonchev–Trinajstić information content (AvgIpc) is 3.59. The van der Waals surface area contributed by atoms with E-state index in [-0.39, 0.29) is 0 Å². The summed E-state index contributed by atoms with van der Waals surface area (Å²) in [6.07, 6.45) is 8.12. The number of hydrogen-bond acceptors (Lipinski definition) is 7. The molecule has 2 amide bonds. The number of benzene rings is 1. The lowest BCUT2D eigenvalue weighted by molar-refractivity contribution is -0.109. The molecular formula is C21H29N7O2. The molecule has 2 aliphatic rings. The molecule has 2 aromatic rings. The Kier molecular flexibility index (Phi) is 7.42. The van der Waals surface area contributed by atoms with Crippen LogP contribution in [-0.2, 0) is 4.79 Å². The van der Waals surface area contributed by atoms with Crippen LogP contribution in [0.1, 0.15) is 42.5 Å². The van der Waals surface area contributed by atoms with Crippen LogP contribution in [0.3, 0.4) is 0 Å². The van der Waals surface area contributed by atoms with E-state index in [4.69, 9.17) is 10.5 Å². The molecule has 1 aliphatic carbocycles. The number of amides is 2. The van der Waals surface area contributed by atoms with Gasteiger partial charge in [-0.15, -0.1) is 0 Å². The number of hydrogen-bond donors (Lipinski definition) is 4. The first-order valence-electron chi connectivity index (χ1n) is 10.3. The van der Waals surface area contributed by atoms with E-state index in [1.807, 2.05) is 12.1 Å². The lowest BCUT2D eigenvalue weighted by atomic mass is 10.1. The third-order valence-electron chi connectivity index (χ3n) is 4.93. The molecule has 0 unspecified atom stereocenters. The molecule has 0 spiro atoms. The van der Waals surface area contributed by atoms with Gasteiger partial charge in [-0.2, -0.15) is 4.98 Å². The van der Waals surface area contributed by atoms with Crippen LogP contribution >= 0.6 is 0 Å². The number of carbonyl (C=O) groups excluding carboxylic acids is 2. The molecule has 5 N–H and O–H groups in total. The highest BCUT2D eigenvalue weighted by Crippen LogP contribution is 2.27. The first kappa shape index (κ1) is 21.4. The fourth-order valence-electron chi connectivity index (χ4n) is 3.19. The summed E-state index contributed by atoms with van der Waals surface area (Å²) in [5.74, 6) is 0.428. The highest BCUT2D eigenvalue weighted by atomic mass is 16.1. The van der Waals surface area contributed by atoms with Crippen molar-refractivity contribution in [2.75, 3.05) is 35.7 Å². The number of nitrogens with zero attached hydrogens (tertiary/aromatic N) is 3. The Labute approximate surface area is 176 Å². The zero-order valence-electron chi connectivity index (χ0n) is 17.2. The molecule has 9 heteroatoms. The Bertz CT molecular complexity index is 847. The van der Waals surface area contributed by atoms with Gasteiger partial charge in [0.25, 0.3) is 5.91 Å². The Morgan fingerprint density at radius 3 is 2.40 bits per heavy atom. The largest absolute Gasteiger partial charge is 0.372 e. The molecule has 4 rings (SSSR count). The van der Waals surface area contributed by atoms with E-state index in [1.54, 1.807) is 7.05 Å². The standard InChI is InChI=1S/C19H24N6O.C2H5NO/c20-17(26)16-12-21-19(24-18(16)22-13-4-5-13)23-14-6-8-15(9-7-14)25-10-2-1-3-11-25;1-3-2-4/h6-9,12-13H,1-5,10-11H2,(H2,20,26)(H2,21,22,23,24);2H,1H3,(H,3,4). The predicted molar refractivity (Wildman–Crippen MR) is 118 cm³/mol. The van der Waals surface area contributed by atoms with E-state index >= 15 is 0 Å². The fraction of sp³-hybridized carbons (Fsp3) is 0.429. The van der Waals surface area contributed by atoms with Crippen molar-refractivity contribution in [3.05, 3.63) is 36.0 Å². The third kappa shape index (κ3) is 6.07. The smallest absolute Gasteiger partial charge is 0.254 e. The maximum Gasteiger partial charge on any atom is 0.254 e. The van der Waals surface area contributed by atoms with Gasteiger partial charge < -0.3 is 26.6 Å². The Hall–Kier alpha value is -3.36. The normalized spacial score (nSPS) is 15.4. The van der Waals surface area contributed by atoms with E-state index < -0.39 is 5.91 Å². The van der Waals surface area contributed by atoms with E-state index in [0.717, 1.165) is 31.6 Å². The molecule has 1 aromatic carbocycles. The molecule has 0 radical (unpaired) electrons. The van der Waals surface area contributed by atoms with E-state index in [2.05, 4.69) is 43.0 Å². The van der Waals surface area contributed by atoms with Crippen molar-refractivity contribution in [3.8, 4) is 0 Å². The Balaban J connectivity index is 0.000000589. The molecule has 160 valence electrons. The molecule has 9 nitrogen and oxygen atoms in total. The lowest BCUT2D eigenvalue weighted by Crippen LogP contribution is -2.29. The third-order valence-corrected chi connectivity index (χ3v) is 4.93. The van der Waals surface area contributed by atoms with Gasteiger partial charge in [-0.05, 0) is 56.4 Å². The van der Waals surface area contributed by atoms with Gasteiger partial charge in [0.2, 0.25) is 12.4 Å². The van der Waals surface area contributed by atoms with Crippen molar-refractivity contribution in [1.82, 2.24) is 15.3 Å². The molecule has 30 heavy (non-hydrogen) atoms. The van der Waals surface area contributed by atoms with Crippen LogP contribution in [0.15, 0.2) is 30.5 Å². The number of nitrogens with one attached hydrogen (secondary N) is 3. The molecule has 1 saturated heterocycles. The summed E-state index contributed by atoms with van der Waals surface area (Å²) in [7, 11) is 1.56.